The molecular weight excluding hydrogens is 433 g/mol. The van der Waals surface area contributed by atoms with E-state index in [1.54, 1.807) is 4.90 Å². The number of rotatable bonds is 5. The number of carbonyl (C=O) groups is 1. The molecule has 0 unspecified atom stereocenters. The van der Waals surface area contributed by atoms with Gasteiger partial charge in [0.15, 0.2) is 12.4 Å². The number of alkyl halides is 3. The minimum absolute atomic E-state index is 0.0147. The summed E-state index contributed by atoms with van der Waals surface area (Å²) in [7, 11) is 0. The Morgan fingerprint density at radius 3 is 2.39 bits per heavy atom. The summed E-state index contributed by atoms with van der Waals surface area (Å²) in [6, 6.07) is 16.3. The summed E-state index contributed by atoms with van der Waals surface area (Å²) in [5, 5.41) is 8.70. The third kappa shape index (κ3) is 5.42. The normalized spacial score (nSPS) is 14.3. The van der Waals surface area contributed by atoms with Crippen LogP contribution >= 0.6 is 0 Å². The number of hydrogen-bond donors (Lipinski definition) is 0. The van der Waals surface area contributed by atoms with E-state index in [1.165, 1.54) is 12.1 Å². The molecule has 0 N–H and O–H groups in total. The Morgan fingerprint density at radius 1 is 0.970 bits per heavy atom. The maximum Gasteiger partial charge on any atom is 0.416 e. The molecule has 2 heterocycles. The van der Waals surface area contributed by atoms with Crippen molar-refractivity contribution in [1.29, 1.82) is 0 Å². The number of hydrogen-bond acceptors (Lipinski definition) is 5. The molecule has 2 aromatic carbocycles. The minimum atomic E-state index is -4.46. The Bertz CT molecular complexity index is 1110. The van der Waals surface area contributed by atoms with Gasteiger partial charge in [0, 0.05) is 31.7 Å². The smallest absolute Gasteiger partial charge is 0.416 e. The molecule has 0 radical (unpaired) electrons. The molecular formula is C24H23F3N4O2. The minimum Gasteiger partial charge on any atom is -0.484 e. The number of ether oxygens (including phenoxy) is 1. The van der Waals surface area contributed by atoms with Crippen LogP contribution in [0.5, 0.6) is 5.75 Å². The molecule has 1 amide bonds. The third-order valence-electron chi connectivity index (χ3n) is 5.55. The van der Waals surface area contributed by atoms with E-state index < -0.39 is 11.7 Å². The zero-order chi connectivity index (χ0) is 23.4. The standard InChI is InChI=1S/C24H23F3N4O2/c1-17-5-2-3-8-20(17)21-9-10-22(29-28-21)30-11-13-31(14-12-30)23(32)16-33-19-7-4-6-18(15-19)24(25,26)27/h2-10,15H,11-14,16H2,1H3. The van der Waals surface area contributed by atoms with E-state index in [1.807, 2.05) is 48.2 Å². The highest BCUT2D eigenvalue weighted by Gasteiger charge is 2.30. The van der Waals surface area contributed by atoms with E-state index in [-0.39, 0.29) is 18.3 Å². The molecule has 1 fully saturated rings. The van der Waals surface area contributed by atoms with E-state index in [2.05, 4.69) is 10.2 Å². The van der Waals surface area contributed by atoms with Gasteiger partial charge in [0.25, 0.3) is 5.91 Å². The highest BCUT2D eigenvalue weighted by Crippen LogP contribution is 2.31. The van der Waals surface area contributed by atoms with Gasteiger partial charge in [0.2, 0.25) is 0 Å². The van der Waals surface area contributed by atoms with Gasteiger partial charge in [0.1, 0.15) is 5.75 Å². The van der Waals surface area contributed by atoms with Crippen molar-refractivity contribution >= 4 is 11.7 Å². The van der Waals surface area contributed by atoms with Crippen molar-refractivity contribution in [2.75, 3.05) is 37.7 Å². The van der Waals surface area contributed by atoms with Crippen molar-refractivity contribution in [1.82, 2.24) is 15.1 Å². The fourth-order valence-electron chi connectivity index (χ4n) is 3.68. The van der Waals surface area contributed by atoms with Crippen LogP contribution in [0.3, 0.4) is 0 Å². The van der Waals surface area contributed by atoms with Crippen molar-refractivity contribution < 1.29 is 22.7 Å². The molecule has 9 heteroatoms. The van der Waals surface area contributed by atoms with Crippen LogP contribution in [-0.2, 0) is 11.0 Å². The second kappa shape index (κ2) is 9.48. The Balaban J connectivity index is 1.30. The van der Waals surface area contributed by atoms with Crippen molar-refractivity contribution in [3.8, 4) is 17.0 Å². The van der Waals surface area contributed by atoms with Crippen LogP contribution in [0.15, 0.2) is 60.7 Å². The van der Waals surface area contributed by atoms with Crippen LogP contribution in [0.2, 0.25) is 0 Å². The topological polar surface area (TPSA) is 58.6 Å². The molecule has 0 atom stereocenters. The summed E-state index contributed by atoms with van der Waals surface area (Å²) >= 11 is 0. The van der Waals surface area contributed by atoms with Gasteiger partial charge >= 0.3 is 6.18 Å². The highest BCUT2D eigenvalue weighted by atomic mass is 19.4. The van der Waals surface area contributed by atoms with Crippen molar-refractivity contribution in [2.45, 2.75) is 13.1 Å². The summed E-state index contributed by atoms with van der Waals surface area (Å²) in [6.45, 7) is 3.80. The van der Waals surface area contributed by atoms with Crippen molar-refractivity contribution in [3.63, 3.8) is 0 Å². The molecule has 3 aromatic rings. The van der Waals surface area contributed by atoms with Crippen molar-refractivity contribution in [3.05, 3.63) is 71.8 Å². The molecule has 33 heavy (non-hydrogen) atoms. The van der Waals surface area contributed by atoms with Crippen molar-refractivity contribution in [2.24, 2.45) is 0 Å². The van der Waals surface area contributed by atoms with E-state index >= 15 is 0 Å². The maximum absolute atomic E-state index is 12.8. The maximum atomic E-state index is 12.8. The number of carbonyl (C=O) groups excluding carboxylic acids is 1. The lowest BCUT2D eigenvalue weighted by molar-refractivity contribution is -0.137. The number of amides is 1. The largest absolute Gasteiger partial charge is 0.484 e. The lowest BCUT2D eigenvalue weighted by Crippen LogP contribution is -2.50. The molecule has 6 nitrogen and oxygen atoms in total. The third-order valence-corrected chi connectivity index (χ3v) is 5.55. The second-order valence-corrected chi connectivity index (χ2v) is 7.77. The fourth-order valence-corrected chi connectivity index (χ4v) is 3.68. The van der Waals surface area contributed by atoms with Gasteiger partial charge in [-0.3, -0.25) is 4.79 Å². The second-order valence-electron chi connectivity index (χ2n) is 7.77. The lowest BCUT2D eigenvalue weighted by Gasteiger charge is -2.35. The van der Waals surface area contributed by atoms with Gasteiger partial charge < -0.3 is 14.5 Å². The zero-order valence-corrected chi connectivity index (χ0v) is 18.0. The van der Waals surface area contributed by atoms with Gasteiger partial charge in [-0.2, -0.15) is 13.2 Å². The van der Waals surface area contributed by atoms with Crippen LogP contribution in [0, 0.1) is 6.92 Å². The van der Waals surface area contributed by atoms with Crippen LogP contribution in [-0.4, -0.2) is 53.8 Å². The van der Waals surface area contributed by atoms with Gasteiger partial charge in [-0.1, -0.05) is 30.3 Å². The summed E-state index contributed by atoms with van der Waals surface area (Å²) in [4.78, 5) is 16.1. The molecule has 1 saturated heterocycles. The first-order chi connectivity index (χ1) is 15.8. The van der Waals surface area contributed by atoms with E-state index in [9.17, 15) is 18.0 Å². The van der Waals surface area contributed by atoms with E-state index in [0.717, 1.165) is 34.8 Å². The van der Waals surface area contributed by atoms with Crippen LogP contribution in [0.25, 0.3) is 11.3 Å². The molecule has 4 rings (SSSR count). The average molecular weight is 456 g/mol. The average Bonchev–Trinajstić information content (AvgIpc) is 2.83. The summed E-state index contributed by atoms with van der Waals surface area (Å²) in [5.74, 6) is 0.480. The zero-order valence-electron chi connectivity index (χ0n) is 18.0. The van der Waals surface area contributed by atoms with E-state index in [0.29, 0.717) is 26.2 Å². The number of anilines is 1. The summed E-state index contributed by atoms with van der Waals surface area (Å²) in [5.41, 5.74) is 2.15. The Kier molecular flexibility index (Phi) is 6.48. The predicted octanol–water partition coefficient (Wildman–Crippen LogP) is 4.20. The first-order valence-electron chi connectivity index (χ1n) is 10.5. The van der Waals surface area contributed by atoms with Gasteiger partial charge in [0.05, 0.1) is 11.3 Å². The molecule has 1 aliphatic heterocycles. The number of nitrogens with zero attached hydrogens (tertiary/aromatic N) is 4. The fraction of sp³-hybridized carbons (Fsp3) is 0.292. The molecule has 0 saturated carbocycles. The molecule has 1 aliphatic rings. The number of piperazine rings is 1. The Morgan fingerprint density at radius 2 is 1.73 bits per heavy atom. The highest BCUT2D eigenvalue weighted by molar-refractivity contribution is 5.78. The molecule has 0 bridgehead atoms. The van der Waals surface area contributed by atoms with Gasteiger partial charge in [-0.05, 0) is 42.8 Å². The molecule has 0 aliphatic carbocycles. The molecule has 172 valence electrons. The first kappa shape index (κ1) is 22.6. The monoisotopic (exact) mass is 456 g/mol. The lowest BCUT2D eigenvalue weighted by atomic mass is 10.1. The number of benzene rings is 2. The Hall–Kier alpha value is -3.62. The van der Waals surface area contributed by atoms with Crippen LogP contribution < -0.4 is 9.64 Å². The predicted molar refractivity (Wildman–Crippen MR) is 118 cm³/mol. The summed E-state index contributed by atoms with van der Waals surface area (Å²) in [6.07, 6.45) is -4.46. The number of aryl methyl sites for hydroxylation is 1. The SMILES string of the molecule is Cc1ccccc1-c1ccc(N2CCN(C(=O)COc3cccc(C(F)(F)F)c3)CC2)nn1. The van der Waals surface area contributed by atoms with Gasteiger partial charge in [-0.15, -0.1) is 10.2 Å². The quantitative estimate of drug-likeness (QED) is 0.576. The van der Waals surface area contributed by atoms with Gasteiger partial charge in [-0.25, -0.2) is 0 Å². The Labute approximate surface area is 189 Å². The summed E-state index contributed by atoms with van der Waals surface area (Å²) < 4.78 is 43.8. The van der Waals surface area contributed by atoms with Crippen LogP contribution in [0.4, 0.5) is 19.0 Å². The molecule has 0 spiro atoms. The van der Waals surface area contributed by atoms with Crippen LogP contribution in [0.1, 0.15) is 11.1 Å². The number of aromatic nitrogens is 2. The van der Waals surface area contributed by atoms with E-state index in [4.69, 9.17) is 4.74 Å². The molecule has 1 aromatic heterocycles. The number of halogens is 3. The first-order valence-corrected chi connectivity index (χ1v) is 10.5.